The monoisotopic (exact) mass is 454 g/mol. The predicted octanol–water partition coefficient (Wildman–Crippen LogP) is 1.40. The average Bonchev–Trinajstić information content (AvgIpc) is 3.16. The van der Waals surface area contributed by atoms with Crippen LogP contribution in [0.5, 0.6) is 0 Å². The summed E-state index contributed by atoms with van der Waals surface area (Å²) in [5.41, 5.74) is 0.548. The quantitative estimate of drug-likeness (QED) is 0.557. The van der Waals surface area contributed by atoms with E-state index in [1.165, 1.54) is 16.1 Å². The third-order valence-corrected chi connectivity index (χ3v) is 8.53. The third kappa shape index (κ3) is 4.63. The van der Waals surface area contributed by atoms with Crippen LogP contribution in [0.2, 0.25) is 0 Å². The second-order valence-corrected chi connectivity index (χ2v) is 10.4. The van der Waals surface area contributed by atoms with E-state index in [0.717, 1.165) is 32.7 Å². The van der Waals surface area contributed by atoms with Gasteiger partial charge in [0.25, 0.3) is 0 Å². The molecule has 0 aliphatic carbocycles. The Hall–Kier alpha value is -1.69. The number of fused-ring (bicyclic) bond motifs is 1. The largest absolute Gasteiger partial charge is 0.339 e. The van der Waals surface area contributed by atoms with Crippen molar-refractivity contribution < 1.29 is 13.2 Å². The number of piperazine rings is 1. The van der Waals surface area contributed by atoms with Gasteiger partial charge in [0.05, 0.1) is 10.1 Å². The molecule has 1 aliphatic rings. The van der Waals surface area contributed by atoms with Crippen LogP contribution < -0.4 is 0 Å². The van der Waals surface area contributed by atoms with Crippen molar-refractivity contribution >= 4 is 33.3 Å². The normalized spacial score (nSPS) is 17.0. The van der Waals surface area contributed by atoms with E-state index in [-0.39, 0.29) is 16.1 Å². The number of likely N-dealkylation sites (N-methyl/N-ethyl adjacent to an activating group) is 1. The molecule has 0 spiro atoms. The Bertz CT molecular complexity index is 981. The second kappa shape index (κ2) is 9.63. The van der Waals surface area contributed by atoms with Gasteiger partial charge >= 0.3 is 0 Å². The van der Waals surface area contributed by atoms with Gasteiger partial charge in [0.1, 0.15) is 0 Å². The molecule has 30 heavy (non-hydrogen) atoms. The summed E-state index contributed by atoms with van der Waals surface area (Å²) in [4.78, 5) is 17.3. The first-order valence-electron chi connectivity index (χ1n) is 10.3. The first-order valence-corrected chi connectivity index (χ1v) is 12.7. The maximum absolute atomic E-state index is 12.9. The van der Waals surface area contributed by atoms with Crippen LogP contribution in [0, 0.1) is 0 Å². The van der Waals surface area contributed by atoms with E-state index in [9.17, 15) is 13.2 Å². The molecular formula is C19H30N6O3S2. The topological polar surface area (TPSA) is 91.1 Å². The number of carbonyl (C=O) groups is 1. The molecule has 166 valence electrons. The Morgan fingerprint density at radius 3 is 2.40 bits per heavy atom. The molecule has 1 fully saturated rings. The zero-order chi connectivity index (χ0) is 21.9. The number of carbonyl (C=O) groups excluding carboxylic acids is 1. The smallest absolute Gasteiger partial charge is 0.244 e. The second-order valence-electron chi connectivity index (χ2n) is 7.18. The summed E-state index contributed by atoms with van der Waals surface area (Å²) >= 11 is 1.30. The fourth-order valence-corrected chi connectivity index (χ4v) is 5.92. The van der Waals surface area contributed by atoms with E-state index < -0.39 is 10.0 Å². The lowest BCUT2D eigenvalue weighted by atomic mass is 10.3. The molecule has 0 N–H and O–H groups in total. The molecule has 3 rings (SSSR count). The SMILES string of the molecule is CCN1CCN(C(=O)[C@H](C)Sc2nnc3ccc(S(=O)(=O)N(CC)CC)cn23)CC1. The van der Waals surface area contributed by atoms with Gasteiger partial charge in [-0.15, -0.1) is 10.2 Å². The maximum Gasteiger partial charge on any atom is 0.244 e. The van der Waals surface area contributed by atoms with Crippen molar-refractivity contribution in [2.75, 3.05) is 45.8 Å². The molecule has 2 aromatic heterocycles. The van der Waals surface area contributed by atoms with Crippen molar-refractivity contribution in [3.05, 3.63) is 18.3 Å². The van der Waals surface area contributed by atoms with Gasteiger partial charge in [-0.05, 0) is 25.6 Å². The van der Waals surface area contributed by atoms with Crippen LogP contribution in [-0.4, -0.2) is 94.1 Å². The van der Waals surface area contributed by atoms with Gasteiger partial charge in [0.2, 0.25) is 15.9 Å². The summed E-state index contributed by atoms with van der Waals surface area (Å²) in [6.07, 6.45) is 1.54. The summed E-state index contributed by atoms with van der Waals surface area (Å²) in [6.45, 7) is 12.6. The first kappa shape index (κ1) is 23.0. The van der Waals surface area contributed by atoms with Crippen molar-refractivity contribution in [1.29, 1.82) is 0 Å². The highest BCUT2D eigenvalue weighted by Gasteiger charge is 2.27. The molecule has 0 unspecified atom stereocenters. The van der Waals surface area contributed by atoms with Crippen molar-refractivity contribution in [3.63, 3.8) is 0 Å². The lowest BCUT2D eigenvalue weighted by Gasteiger charge is -2.35. The number of hydrogen-bond acceptors (Lipinski definition) is 7. The highest BCUT2D eigenvalue weighted by atomic mass is 32.2. The van der Waals surface area contributed by atoms with E-state index in [2.05, 4.69) is 22.0 Å². The van der Waals surface area contributed by atoms with Crippen molar-refractivity contribution in [2.24, 2.45) is 0 Å². The number of rotatable bonds is 8. The lowest BCUT2D eigenvalue weighted by molar-refractivity contribution is -0.132. The van der Waals surface area contributed by atoms with Gasteiger partial charge in [-0.1, -0.05) is 32.5 Å². The first-order chi connectivity index (χ1) is 14.3. The number of nitrogens with zero attached hydrogens (tertiary/aromatic N) is 6. The average molecular weight is 455 g/mol. The molecule has 2 aromatic rings. The molecule has 11 heteroatoms. The van der Waals surface area contributed by atoms with Gasteiger partial charge in [0, 0.05) is 45.5 Å². The summed E-state index contributed by atoms with van der Waals surface area (Å²) in [6, 6.07) is 3.19. The standard InChI is InChI=1S/C19H30N6O3S2/c1-5-22-10-12-23(13-11-22)18(26)15(4)29-19-21-20-17-9-8-16(14-25(17)19)30(27,28)24(6-2)7-3/h8-9,14-15H,5-7,10-13H2,1-4H3/t15-/m0/s1. The van der Waals surface area contributed by atoms with Crippen LogP contribution in [0.4, 0.5) is 0 Å². The summed E-state index contributed by atoms with van der Waals surface area (Å²) < 4.78 is 28.8. The van der Waals surface area contributed by atoms with Gasteiger partial charge in [0.15, 0.2) is 10.8 Å². The summed E-state index contributed by atoms with van der Waals surface area (Å²) in [5, 5.41) is 8.48. The van der Waals surface area contributed by atoms with Gasteiger partial charge in [-0.25, -0.2) is 8.42 Å². The van der Waals surface area contributed by atoms with E-state index in [1.807, 2.05) is 25.7 Å². The lowest BCUT2D eigenvalue weighted by Crippen LogP contribution is -2.50. The van der Waals surface area contributed by atoms with E-state index in [0.29, 0.717) is 23.9 Å². The molecule has 1 aliphatic heterocycles. The molecular weight excluding hydrogens is 424 g/mol. The van der Waals surface area contributed by atoms with Crippen molar-refractivity contribution in [1.82, 2.24) is 28.7 Å². The highest BCUT2D eigenvalue weighted by Crippen LogP contribution is 2.25. The van der Waals surface area contributed by atoms with Gasteiger partial charge in [-0.2, -0.15) is 4.31 Å². The Morgan fingerprint density at radius 1 is 1.13 bits per heavy atom. The van der Waals surface area contributed by atoms with Crippen LogP contribution >= 0.6 is 11.8 Å². The summed E-state index contributed by atoms with van der Waals surface area (Å²) in [5.74, 6) is 0.0689. The fraction of sp³-hybridized carbons (Fsp3) is 0.632. The predicted molar refractivity (Wildman–Crippen MR) is 117 cm³/mol. The van der Waals surface area contributed by atoms with Crippen molar-refractivity contribution in [3.8, 4) is 0 Å². The molecule has 0 bridgehead atoms. The number of sulfonamides is 1. The minimum atomic E-state index is -3.59. The Labute approximate surface area is 182 Å². The number of hydrogen-bond donors (Lipinski definition) is 0. The van der Waals surface area contributed by atoms with E-state index >= 15 is 0 Å². The Morgan fingerprint density at radius 2 is 1.80 bits per heavy atom. The molecule has 0 aromatic carbocycles. The van der Waals surface area contributed by atoms with Gasteiger partial charge in [-0.3, -0.25) is 9.20 Å². The van der Waals surface area contributed by atoms with Crippen LogP contribution in [0.3, 0.4) is 0 Å². The molecule has 0 radical (unpaired) electrons. The zero-order valence-electron chi connectivity index (χ0n) is 18.0. The molecule has 1 amide bonds. The Balaban J connectivity index is 1.79. The van der Waals surface area contributed by atoms with Crippen LogP contribution in [0.1, 0.15) is 27.7 Å². The van der Waals surface area contributed by atoms with Crippen molar-refractivity contribution in [2.45, 2.75) is 43.0 Å². The molecule has 1 atom stereocenters. The van der Waals surface area contributed by atoms with E-state index in [4.69, 9.17) is 0 Å². The maximum atomic E-state index is 12.9. The minimum Gasteiger partial charge on any atom is -0.339 e. The summed E-state index contributed by atoms with van der Waals surface area (Å²) in [7, 11) is -3.59. The third-order valence-electron chi connectivity index (χ3n) is 5.45. The van der Waals surface area contributed by atoms with Gasteiger partial charge < -0.3 is 9.80 Å². The van der Waals surface area contributed by atoms with E-state index in [1.54, 1.807) is 22.7 Å². The zero-order valence-corrected chi connectivity index (χ0v) is 19.6. The molecule has 9 nitrogen and oxygen atoms in total. The van der Waals surface area contributed by atoms with Crippen LogP contribution in [-0.2, 0) is 14.8 Å². The number of thioether (sulfide) groups is 1. The van der Waals surface area contributed by atoms with Crippen LogP contribution in [0.15, 0.2) is 28.4 Å². The number of aromatic nitrogens is 3. The molecule has 0 saturated carbocycles. The molecule has 3 heterocycles. The Kier molecular flexibility index (Phi) is 7.38. The minimum absolute atomic E-state index is 0.0689. The number of amides is 1. The molecule has 1 saturated heterocycles. The fourth-order valence-electron chi connectivity index (χ4n) is 3.55. The van der Waals surface area contributed by atoms with Crippen LogP contribution in [0.25, 0.3) is 5.65 Å². The highest BCUT2D eigenvalue weighted by molar-refractivity contribution is 8.00. The number of pyridine rings is 1.